The molecular formula is C9H18N2. The third-order valence-corrected chi connectivity index (χ3v) is 3.29. The molecule has 0 saturated carbocycles. The van der Waals surface area contributed by atoms with Gasteiger partial charge in [0.2, 0.25) is 0 Å². The second kappa shape index (κ2) is 2.76. The maximum absolute atomic E-state index is 5.95. The molecule has 64 valence electrons. The Balaban J connectivity index is 2.06. The Morgan fingerprint density at radius 1 is 1.27 bits per heavy atom. The van der Waals surface area contributed by atoms with Crippen LogP contribution in [0.15, 0.2) is 0 Å². The van der Waals surface area contributed by atoms with Gasteiger partial charge in [0.1, 0.15) is 0 Å². The molecule has 0 aromatic heterocycles. The zero-order valence-electron chi connectivity index (χ0n) is 7.29. The molecule has 2 heterocycles. The number of piperidine rings is 1. The monoisotopic (exact) mass is 154 g/mol. The lowest BCUT2D eigenvalue weighted by Gasteiger charge is -2.36. The lowest BCUT2D eigenvalue weighted by Crippen LogP contribution is -2.47. The first-order chi connectivity index (χ1) is 5.31. The summed E-state index contributed by atoms with van der Waals surface area (Å²) in [6.45, 7) is 3.49. The molecule has 2 fully saturated rings. The molecular weight excluding hydrogens is 136 g/mol. The fourth-order valence-corrected chi connectivity index (χ4v) is 2.83. The third-order valence-electron chi connectivity index (χ3n) is 3.29. The van der Waals surface area contributed by atoms with E-state index >= 15 is 0 Å². The second-order valence-corrected chi connectivity index (χ2v) is 3.95. The molecule has 2 saturated heterocycles. The summed E-state index contributed by atoms with van der Waals surface area (Å²) in [7, 11) is 0. The molecule has 0 aromatic carbocycles. The first-order valence-electron chi connectivity index (χ1n) is 4.82. The van der Waals surface area contributed by atoms with E-state index in [0.717, 1.165) is 12.1 Å². The van der Waals surface area contributed by atoms with Crippen molar-refractivity contribution in [1.82, 2.24) is 4.90 Å². The Hall–Kier alpha value is -0.0800. The predicted molar refractivity (Wildman–Crippen MR) is 46.4 cm³/mol. The van der Waals surface area contributed by atoms with E-state index in [4.69, 9.17) is 5.73 Å². The molecule has 2 heteroatoms. The van der Waals surface area contributed by atoms with Crippen LogP contribution in [0.3, 0.4) is 0 Å². The molecule has 0 amide bonds. The number of nitrogens with zero attached hydrogens (tertiary/aromatic N) is 1. The molecule has 2 nitrogen and oxygen atoms in total. The van der Waals surface area contributed by atoms with Crippen LogP contribution in [0.4, 0.5) is 0 Å². The number of hydrogen-bond acceptors (Lipinski definition) is 2. The highest BCUT2D eigenvalue weighted by atomic mass is 15.2. The minimum Gasteiger partial charge on any atom is -0.328 e. The van der Waals surface area contributed by atoms with Crippen molar-refractivity contribution < 1.29 is 0 Å². The lowest BCUT2D eigenvalue weighted by atomic mass is 9.98. The molecule has 2 bridgehead atoms. The second-order valence-electron chi connectivity index (χ2n) is 3.95. The van der Waals surface area contributed by atoms with Crippen molar-refractivity contribution >= 4 is 0 Å². The van der Waals surface area contributed by atoms with Crippen LogP contribution in [-0.2, 0) is 0 Å². The molecule has 2 aliphatic rings. The van der Waals surface area contributed by atoms with Gasteiger partial charge in [-0.25, -0.2) is 0 Å². The topological polar surface area (TPSA) is 29.3 Å². The van der Waals surface area contributed by atoms with Gasteiger partial charge in [-0.2, -0.15) is 0 Å². The first-order valence-corrected chi connectivity index (χ1v) is 4.82. The highest BCUT2D eigenvalue weighted by Gasteiger charge is 2.38. The Labute approximate surface area is 68.7 Å². The van der Waals surface area contributed by atoms with Gasteiger partial charge in [-0.1, -0.05) is 6.92 Å². The van der Waals surface area contributed by atoms with Gasteiger partial charge in [-0.15, -0.1) is 0 Å². The van der Waals surface area contributed by atoms with Gasteiger partial charge in [0.15, 0.2) is 0 Å². The van der Waals surface area contributed by atoms with Crippen LogP contribution in [0.5, 0.6) is 0 Å². The fraction of sp³-hybridized carbons (Fsp3) is 1.00. The Kier molecular flexibility index (Phi) is 1.90. The van der Waals surface area contributed by atoms with Gasteiger partial charge in [-0.3, -0.25) is 4.90 Å². The summed E-state index contributed by atoms with van der Waals surface area (Å²) in [5.41, 5.74) is 5.95. The van der Waals surface area contributed by atoms with E-state index in [2.05, 4.69) is 11.8 Å². The van der Waals surface area contributed by atoms with Gasteiger partial charge < -0.3 is 5.73 Å². The third kappa shape index (κ3) is 1.18. The quantitative estimate of drug-likeness (QED) is 0.609. The van der Waals surface area contributed by atoms with Gasteiger partial charge in [-0.05, 0) is 32.2 Å². The van der Waals surface area contributed by atoms with Crippen molar-refractivity contribution in [3.8, 4) is 0 Å². The molecule has 0 aromatic rings. The summed E-state index contributed by atoms with van der Waals surface area (Å²) < 4.78 is 0. The summed E-state index contributed by atoms with van der Waals surface area (Å²) in [5, 5.41) is 0. The Bertz CT molecular complexity index is 132. The number of rotatable bonds is 1. The summed E-state index contributed by atoms with van der Waals surface area (Å²) in [6, 6.07) is 2.15. The molecule has 0 radical (unpaired) electrons. The fourth-order valence-electron chi connectivity index (χ4n) is 2.83. The van der Waals surface area contributed by atoms with Gasteiger partial charge in [0, 0.05) is 18.1 Å². The van der Waals surface area contributed by atoms with Crippen molar-refractivity contribution in [2.75, 3.05) is 6.54 Å². The Morgan fingerprint density at radius 3 is 2.27 bits per heavy atom. The van der Waals surface area contributed by atoms with E-state index in [0.29, 0.717) is 6.04 Å². The predicted octanol–water partition coefficient (Wildman–Crippen LogP) is 0.960. The zero-order chi connectivity index (χ0) is 7.84. The van der Waals surface area contributed by atoms with Crippen molar-refractivity contribution in [2.24, 2.45) is 5.73 Å². The molecule has 0 aliphatic carbocycles. The summed E-state index contributed by atoms with van der Waals surface area (Å²) in [5.74, 6) is 0. The minimum absolute atomic E-state index is 0.496. The van der Waals surface area contributed by atoms with Crippen molar-refractivity contribution in [3.63, 3.8) is 0 Å². The molecule has 2 unspecified atom stereocenters. The lowest BCUT2D eigenvalue weighted by molar-refractivity contribution is 0.135. The Morgan fingerprint density at radius 2 is 1.82 bits per heavy atom. The van der Waals surface area contributed by atoms with E-state index in [9.17, 15) is 0 Å². The van der Waals surface area contributed by atoms with Crippen LogP contribution < -0.4 is 5.73 Å². The van der Waals surface area contributed by atoms with Gasteiger partial charge in [0.25, 0.3) is 0 Å². The largest absolute Gasteiger partial charge is 0.328 e. The minimum atomic E-state index is 0.496. The van der Waals surface area contributed by atoms with Gasteiger partial charge >= 0.3 is 0 Å². The van der Waals surface area contributed by atoms with Crippen molar-refractivity contribution in [2.45, 2.75) is 50.7 Å². The van der Waals surface area contributed by atoms with Crippen LogP contribution in [0.1, 0.15) is 32.6 Å². The smallest absolute Gasteiger partial charge is 0.0113 e. The maximum atomic E-state index is 5.95. The normalized spacial score (nSPS) is 44.7. The van der Waals surface area contributed by atoms with E-state index in [1.165, 1.54) is 32.2 Å². The average molecular weight is 154 g/mol. The van der Waals surface area contributed by atoms with Gasteiger partial charge in [0.05, 0.1) is 0 Å². The summed E-state index contributed by atoms with van der Waals surface area (Å²) in [4.78, 5) is 2.64. The van der Waals surface area contributed by atoms with E-state index in [-0.39, 0.29) is 0 Å². The van der Waals surface area contributed by atoms with E-state index in [1.807, 2.05) is 0 Å². The first kappa shape index (κ1) is 7.56. The zero-order valence-corrected chi connectivity index (χ0v) is 7.29. The van der Waals surface area contributed by atoms with Crippen molar-refractivity contribution in [1.29, 1.82) is 0 Å². The highest BCUT2D eigenvalue weighted by molar-refractivity contribution is 4.95. The average Bonchev–Trinajstić information content (AvgIpc) is 2.23. The number of fused-ring (bicyclic) bond motifs is 2. The number of hydrogen-bond donors (Lipinski definition) is 1. The summed E-state index contributed by atoms with van der Waals surface area (Å²) >= 11 is 0. The van der Waals surface area contributed by atoms with Crippen LogP contribution in [0.25, 0.3) is 0 Å². The van der Waals surface area contributed by atoms with Crippen LogP contribution in [0, 0.1) is 0 Å². The molecule has 11 heavy (non-hydrogen) atoms. The van der Waals surface area contributed by atoms with Crippen LogP contribution in [-0.4, -0.2) is 29.6 Å². The standard InChI is InChI=1S/C9H18N2/c1-2-11-8-3-4-9(11)6-7(10)5-8/h7-9H,2-6,10H2,1H3. The highest BCUT2D eigenvalue weighted by Crippen LogP contribution is 2.34. The SMILES string of the molecule is CCN1C2CCC1CC(N)C2. The molecule has 2 rings (SSSR count). The van der Waals surface area contributed by atoms with Crippen LogP contribution in [0.2, 0.25) is 0 Å². The van der Waals surface area contributed by atoms with E-state index < -0.39 is 0 Å². The number of nitrogens with two attached hydrogens (primary N) is 1. The maximum Gasteiger partial charge on any atom is 0.0113 e. The summed E-state index contributed by atoms with van der Waals surface area (Å²) in [6.07, 6.45) is 5.27. The molecule has 2 N–H and O–H groups in total. The van der Waals surface area contributed by atoms with E-state index in [1.54, 1.807) is 0 Å². The molecule has 2 aliphatic heterocycles. The van der Waals surface area contributed by atoms with Crippen molar-refractivity contribution in [3.05, 3.63) is 0 Å². The molecule has 0 spiro atoms. The van der Waals surface area contributed by atoms with Crippen LogP contribution >= 0.6 is 0 Å². The molecule has 2 atom stereocenters.